The summed E-state index contributed by atoms with van der Waals surface area (Å²) in [5.41, 5.74) is 0. The number of nitroso groups, excluding NO2 is 1. The van der Waals surface area contributed by atoms with Crippen LogP contribution in [-0.2, 0) is 10.2 Å². The topological polar surface area (TPSA) is 102 Å². The molecule has 3 N–H and O–H groups in total. The van der Waals surface area contributed by atoms with Crippen molar-refractivity contribution in [3.05, 3.63) is 4.91 Å². The van der Waals surface area contributed by atoms with Gasteiger partial charge >= 0.3 is 10.2 Å². The van der Waals surface area contributed by atoms with Gasteiger partial charge in [0.25, 0.3) is 0 Å². The van der Waals surface area contributed by atoms with E-state index in [1.807, 2.05) is 0 Å². The molecule has 0 fully saturated rings. The van der Waals surface area contributed by atoms with E-state index in [4.69, 9.17) is 4.91 Å². The molecule has 7 heteroatoms. The van der Waals surface area contributed by atoms with Crippen molar-refractivity contribution < 1.29 is 8.42 Å². The quantitative estimate of drug-likeness (QED) is 0.345. The number of rotatable bonds is 2. The second-order valence-electron chi connectivity index (χ2n) is 0.728. The van der Waals surface area contributed by atoms with Gasteiger partial charge in [-0.1, -0.05) is 0 Å². The highest BCUT2D eigenvalue weighted by Gasteiger charge is 1.93. The van der Waals surface area contributed by atoms with E-state index in [1.165, 1.54) is 0 Å². The SMILES string of the molecule is NS(=O)(=O)NN=O. The van der Waals surface area contributed by atoms with Crippen molar-refractivity contribution >= 4 is 10.2 Å². The summed E-state index contributed by atoms with van der Waals surface area (Å²) in [5.74, 6) is 0. The smallest absolute Gasteiger partial charge is 0.210 e. The van der Waals surface area contributed by atoms with Crippen LogP contribution in [0.2, 0.25) is 0 Å². The molecule has 0 unspecified atom stereocenters. The molecule has 0 amide bonds. The minimum absolute atomic E-state index is 1.10. The zero-order valence-corrected chi connectivity index (χ0v) is 3.97. The zero-order chi connectivity index (χ0) is 5.91. The van der Waals surface area contributed by atoms with Gasteiger partial charge in [-0.25, -0.2) is 5.14 Å². The summed E-state index contributed by atoms with van der Waals surface area (Å²) in [4.78, 5) is 10.1. The van der Waals surface area contributed by atoms with Gasteiger partial charge in [-0.15, -0.1) is 4.91 Å². The highest BCUT2D eigenvalue weighted by molar-refractivity contribution is 7.87. The first-order valence-corrected chi connectivity index (χ1v) is 2.73. The molecule has 0 saturated heterocycles. The van der Waals surface area contributed by atoms with Crippen LogP contribution in [-0.4, -0.2) is 8.42 Å². The Kier molecular flexibility index (Phi) is 1.66. The summed E-state index contributed by atoms with van der Waals surface area (Å²) in [6, 6.07) is 0. The minimum atomic E-state index is -3.90. The van der Waals surface area contributed by atoms with Crippen molar-refractivity contribution in [2.24, 2.45) is 10.4 Å². The van der Waals surface area contributed by atoms with Gasteiger partial charge in [0, 0.05) is 0 Å². The molecule has 0 rings (SSSR count). The molecule has 0 aromatic carbocycles. The number of nitrogens with one attached hydrogen (secondary N) is 1. The van der Waals surface area contributed by atoms with Crippen LogP contribution < -0.4 is 9.97 Å². The molecule has 7 heavy (non-hydrogen) atoms. The Labute approximate surface area is 39.8 Å². The second kappa shape index (κ2) is 1.85. The molecule has 0 saturated carbocycles. The third-order valence-electron chi connectivity index (χ3n) is 0.165. The normalized spacial score (nSPS) is 10.4. The molecule has 0 aromatic heterocycles. The second-order valence-corrected chi connectivity index (χ2v) is 2.00. The summed E-state index contributed by atoms with van der Waals surface area (Å²) in [5, 5.41) is 6.01. The maximum atomic E-state index is 9.60. The van der Waals surface area contributed by atoms with E-state index in [1.54, 1.807) is 5.29 Å². The Balaban J connectivity index is 3.84. The lowest BCUT2D eigenvalue weighted by atomic mass is 12.9. The van der Waals surface area contributed by atoms with Crippen molar-refractivity contribution in [3.63, 3.8) is 0 Å². The predicted molar refractivity (Wildman–Crippen MR) is 22.0 cm³/mol. The molecule has 42 valence electrons. The van der Waals surface area contributed by atoms with E-state index < -0.39 is 10.2 Å². The van der Waals surface area contributed by atoms with Crippen molar-refractivity contribution in [1.82, 2.24) is 4.83 Å². The largest absolute Gasteiger partial charge is 0.313 e. The summed E-state index contributed by atoms with van der Waals surface area (Å²) < 4.78 is 19.2. The van der Waals surface area contributed by atoms with E-state index in [2.05, 4.69) is 5.14 Å². The molecule has 0 atom stereocenters. The lowest BCUT2D eigenvalue weighted by Crippen LogP contribution is -2.25. The number of nitrogens with two attached hydrogens (primary N) is 1. The first-order chi connectivity index (χ1) is 3.06. The van der Waals surface area contributed by atoms with Crippen molar-refractivity contribution in [3.8, 4) is 0 Å². The van der Waals surface area contributed by atoms with E-state index in [9.17, 15) is 8.42 Å². The van der Waals surface area contributed by atoms with Crippen LogP contribution in [0.4, 0.5) is 0 Å². The van der Waals surface area contributed by atoms with Crippen LogP contribution in [0.1, 0.15) is 0 Å². The average Bonchev–Trinajstić information content (AvgIpc) is 1.30. The third kappa shape index (κ3) is 5.31. The van der Waals surface area contributed by atoms with Crippen molar-refractivity contribution in [2.75, 3.05) is 0 Å². The van der Waals surface area contributed by atoms with E-state index in [-0.39, 0.29) is 0 Å². The zero-order valence-electron chi connectivity index (χ0n) is 3.16. The average molecular weight is 125 g/mol. The maximum absolute atomic E-state index is 9.60. The van der Waals surface area contributed by atoms with Gasteiger partial charge in [0.15, 0.2) is 0 Å². The van der Waals surface area contributed by atoms with Crippen LogP contribution in [0.5, 0.6) is 0 Å². The minimum Gasteiger partial charge on any atom is -0.210 e. The molecule has 0 aromatic rings. The molecule has 0 bridgehead atoms. The fourth-order valence-electron chi connectivity index (χ4n) is 0.0519. The molecule has 0 aliphatic rings. The van der Waals surface area contributed by atoms with Gasteiger partial charge in [-0.2, -0.15) is 13.2 Å². The predicted octanol–water partition coefficient (Wildman–Crippen LogP) is -1.54. The first-order valence-electron chi connectivity index (χ1n) is 1.18. The van der Waals surface area contributed by atoms with E-state index in [0.29, 0.717) is 0 Å². The first kappa shape index (κ1) is 6.31. The van der Waals surface area contributed by atoms with Gasteiger partial charge in [0.05, 0.1) is 5.29 Å². The van der Waals surface area contributed by atoms with Crippen LogP contribution >= 0.6 is 0 Å². The Morgan fingerprint density at radius 2 is 2.00 bits per heavy atom. The van der Waals surface area contributed by atoms with Crippen LogP contribution in [0, 0.1) is 4.91 Å². The molecule has 0 aliphatic carbocycles. The molecule has 0 heterocycles. The van der Waals surface area contributed by atoms with Gasteiger partial charge < -0.3 is 0 Å². The lowest BCUT2D eigenvalue weighted by molar-refractivity contribution is 0.586. The van der Waals surface area contributed by atoms with Crippen molar-refractivity contribution in [1.29, 1.82) is 0 Å². The third-order valence-corrected chi connectivity index (χ3v) is 0.494. The summed E-state index contributed by atoms with van der Waals surface area (Å²) in [7, 11) is -3.90. The highest BCUT2D eigenvalue weighted by atomic mass is 32.2. The summed E-state index contributed by atoms with van der Waals surface area (Å²) >= 11 is 0. The van der Waals surface area contributed by atoms with E-state index in [0.717, 1.165) is 4.83 Å². The number of hydrogen-bond donors (Lipinski definition) is 2. The standard InChI is InChI=1S/H3N3O3S/c1-7(5,6)3-2-4/h(H,3,4)(H2,1,5,6). The van der Waals surface area contributed by atoms with Crippen molar-refractivity contribution in [2.45, 2.75) is 0 Å². The van der Waals surface area contributed by atoms with Crippen LogP contribution in [0.3, 0.4) is 0 Å². The molecule has 0 radical (unpaired) electrons. The van der Waals surface area contributed by atoms with Crippen LogP contribution in [0.15, 0.2) is 5.29 Å². The van der Waals surface area contributed by atoms with Gasteiger partial charge in [-0.05, 0) is 0 Å². The Morgan fingerprint density at radius 1 is 1.57 bits per heavy atom. The Hall–Kier alpha value is -0.690. The monoisotopic (exact) mass is 125 g/mol. The van der Waals surface area contributed by atoms with Gasteiger partial charge in [0.2, 0.25) is 0 Å². The van der Waals surface area contributed by atoms with Gasteiger partial charge in [-0.3, -0.25) is 0 Å². The lowest BCUT2D eigenvalue weighted by Gasteiger charge is -1.84. The number of hydrogen-bond acceptors (Lipinski definition) is 4. The Bertz CT molecular complexity index is 144. The molecule has 6 nitrogen and oxygen atoms in total. The van der Waals surface area contributed by atoms with E-state index >= 15 is 0 Å². The van der Waals surface area contributed by atoms with Gasteiger partial charge in [0.1, 0.15) is 0 Å². The fraction of sp³-hybridized carbons (Fsp3) is 0. The van der Waals surface area contributed by atoms with Crippen LogP contribution in [0.25, 0.3) is 0 Å². The Morgan fingerprint density at radius 3 is 2.00 bits per heavy atom. The number of nitrogens with zero attached hydrogens (tertiary/aromatic N) is 1. The summed E-state index contributed by atoms with van der Waals surface area (Å²) in [6.07, 6.45) is 0. The summed E-state index contributed by atoms with van der Waals surface area (Å²) in [6.45, 7) is 0. The molecule has 0 aliphatic heterocycles. The molecule has 0 spiro atoms. The molecular weight excluding hydrogens is 122 g/mol. The maximum Gasteiger partial charge on any atom is 0.313 e. The fourth-order valence-corrected chi connectivity index (χ4v) is 0.156. The highest BCUT2D eigenvalue weighted by Crippen LogP contribution is 1.61. The molecular formula is H3N3O3S.